The summed E-state index contributed by atoms with van der Waals surface area (Å²) in [5.74, 6) is -0.504. The van der Waals surface area contributed by atoms with Gasteiger partial charge in [-0.3, -0.25) is 14.4 Å². The fraction of sp³-hybridized carbons (Fsp3) is 0.385. The molecule has 0 aliphatic carbocycles. The summed E-state index contributed by atoms with van der Waals surface area (Å²) in [4.78, 5) is 28.4. The van der Waals surface area contributed by atoms with E-state index in [1.807, 2.05) is 24.3 Å². The van der Waals surface area contributed by atoms with Gasteiger partial charge in [-0.2, -0.15) is 0 Å². The Balaban J connectivity index is 1.76. The van der Waals surface area contributed by atoms with Gasteiger partial charge in [0.2, 0.25) is 5.91 Å². The number of amides is 2. The maximum atomic E-state index is 12.3. The van der Waals surface area contributed by atoms with E-state index in [2.05, 4.69) is 16.1 Å². The van der Waals surface area contributed by atoms with Crippen molar-refractivity contribution in [2.75, 3.05) is 13.2 Å². The summed E-state index contributed by atoms with van der Waals surface area (Å²) in [6, 6.07) is 6.84. The van der Waals surface area contributed by atoms with Gasteiger partial charge in [-0.05, 0) is 17.5 Å². The van der Waals surface area contributed by atoms with E-state index in [1.54, 1.807) is 0 Å². The van der Waals surface area contributed by atoms with E-state index in [0.29, 0.717) is 0 Å². The number of hydroxylamine groups is 1. The monoisotopic (exact) mass is 261 g/mol. The van der Waals surface area contributed by atoms with Crippen molar-refractivity contribution in [1.29, 1.82) is 0 Å². The van der Waals surface area contributed by atoms with Crippen molar-refractivity contribution in [2.45, 2.75) is 18.5 Å². The number of benzene rings is 1. The van der Waals surface area contributed by atoms with Crippen molar-refractivity contribution < 1.29 is 14.4 Å². The van der Waals surface area contributed by atoms with Crippen LogP contribution in [-0.2, 0) is 20.8 Å². The molecule has 0 aromatic heterocycles. The van der Waals surface area contributed by atoms with Crippen molar-refractivity contribution >= 4 is 11.8 Å². The molecule has 2 heterocycles. The highest BCUT2D eigenvalue weighted by molar-refractivity contribution is 5.91. The zero-order chi connectivity index (χ0) is 13.2. The smallest absolute Gasteiger partial charge is 0.268 e. The molecule has 19 heavy (non-hydrogen) atoms. The summed E-state index contributed by atoms with van der Waals surface area (Å²) in [7, 11) is 0. The first-order chi connectivity index (χ1) is 9.25. The molecular weight excluding hydrogens is 246 g/mol. The molecule has 0 saturated carbocycles. The third-order valence-electron chi connectivity index (χ3n) is 3.43. The van der Waals surface area contributed by atoms with Crippen LogP contribution in [0, 0.1) is 0 Å². The molecular formula is C13H15N3O3. The van der Waals surface area contributed by atoms with Gasteiger partial charge in [-0.15, -0.1) is 0 Å². The van der Waals surface area contributed by atoms with E-state index in [-0.39, 0.29) is 18.4 Å². The second kappa shape index (κ2) is 4.99. The van der Waals surface area contributed by atoms with E-state index in [9.17, 15) is 9.59 Å². The number of carbonyl (C=O) groups is 2. The van der Waals surface area contributed by atoms with Gasteiger partial charge in [0.05, 0.1) is 0 Å². The van der Waals surface area contributed by atoms with Crippen molar-refractivity contribution in [3.05, 3.63) is 35.4 Å². The van der Waals surface area contributed by atoms with Crippen molar-refractivity contribution in [2.24, 2.45) is 0 Å². The van der Waals surface area contributed by atoms with Crippen LogP contribution in [0.1, 0.15) is 17.2 Å². The number of carbonyl (C=O) groups excluding carboxylic acids is 2. The van der Waals surface area contributed by atoms with Crippen LogP contribution in [-0.4, -0.2) is 31.0 Å². The van der Waals surface area contributed by atoms with Crippen LogP contribution in [0.3, 0.4) is 0 Å². The Hall–Kier alpha value is -1.92. The predicted molar refractivity (Wildman–Crippen MR) is 66.9 cm³/mol. The highest BCUT2D eigenvalue weighted by Gasteiger charge is 2.32. The summed E-state index contributed by atoms with van der Waals surface area (Å²) in [5.41, 5.74) is 4.37. The lowest BCUT2D eigenvalue weighted by atomic mass is 9.94. The van der Waals surface area contributed by atoms with E-state index in [1.165, 1.54) is 5.56 Å². The zero-order valence-corrected chi connectivity index (χ0v) is 10.3. The number of rotatable bonds is 2. The molecule has 3 N–H and O–H groups in total. The molecule has 2 amide bonds. The molecule has 1 aromatic carbocycles. The van der Waals surface area contributed by atoms with Gasteiger partial charge in [-0.25, -0.2) is 5.48 Å². The van der Waals surface area contributed by atoms with Gasteiger partial charge >= 0.3 is 0 Å². The summed E-state index contributed by atoms with van der Waals surface area (Å²) in [6.45, 7) is 0.918. The molecule has 0 radical (unpaired) electrons. The predicted octanol–water partition coefficient (Wildman–Crippen LogP) is -0.580. The summed E-state index contributed by atoms with van der Waals surface area (Å²) < 4.78 is 0. The molecule has 2 aliphatic heterocycles. The average molecular weight is 261 g/mol. The van der Waals surface area contributed by atoms with Gasteiger partial charge < -0.3 is 10.6 Å². The summed E-state index contributed by atoms with van der Waals surface area (Å²) >= 11 is 0. The Labute approximate surface area is 110 Å². The molecule has 6 nitrogen and oxygen atoms in total. The third kappa shape index (κ3) is 2.32. The Morgan fingerprint density at radius 3 is 3.00 bits per heavy atom. The van der Waals surface area contributed by atoms with Crippen molar-refractivity contribution in [1.82, 2.24) is 16.1 Å². The van der Waals surface area contributed by atoms with Crippen LogP contribution >= 0.6 is 0 Å². The van der Waals surface area contributed by atoms with Crippen molar-refractivity contribution in [3.63, 3.8) is 0 Å². The lowest BCUT2D eigenvalue weighted by Crippen LogP contribution is -2.48. The summed E-state index contributed by atoms with van der Waals surface area (Å²) in [5, 5.41) is 5.88. The minimum Gasteiger partial charge on any atom is -0.340 e. The SMILES string of the molecule is O=C(N[C@@H]1CONC1=O)C1NCCc2ccccc21. The molecule has 2 atom stereocenters. The Morgan fingerprint density at radius 1 is 1.37 bits per heavy atom. The summed E-state index contributed by atoms with van der Waals surface area (Å²) in [6.07, 6.45) is 0.910. The van der Waals surface area contributed by atoms with E-state index >= 15 is 0 Å². The lowest BCUT2D eigenvalue weighted by molar-refractivity contribution is -0.129. The number of hydrogen-bond acceptors (Lipinski definition) is 4. The standard InChI is InChI=1S/C13H15N3O3/c17-12-10(7-19-16-12)15-13(18)11-9-4-2-1-3-8(9)5-6-14-11/h1-4,10-11,14H,5-7H2,(H,15,18)(H,16,17)/t10-,11?/m1/s1. The maximum absolute atomic E-state index is 12.3. The molecule has 3 rings (SSSR count). The Bertz CT molecular complexity index is 518. The van der Waals surface area contributed by atoms with Gasteiger partial charge in [0.25, 0.3) is 5.91 Å². The van der Waals surface area contributed by atoms with E-state index in [4.69, 9.17) is 4.84 Å². The zero-order valence-electron chi connectivity index (χ0n) is 10.3. The van der Waals surface area contributed by atoms with Crippen LogP contribution in [0.25, 0.3) is 0 Å². The first kappa shape index (κ1) is 12.1. The molecule has 1 fully saturated rings. The van der Waals surface area contributed by atoms with E-state index < -0.39 is 12.1 Å². The average Bonchev–Trinajstić information content (AvgIpc) is 2.83. The number of nitrogens with one attached hydrogen (secondary N) is 3. The quantitative estimate of drug-likeness (QED) is 0.665. The fourth-order valence-electron chi connectivity index (χ4n) is 2.44. The topological polar surface area (TPSA) is 79.5 Å². The normalized spacial score (nSPS) is 25.6. The molecule has 2 aliphatic rings. The number of hydrogen-bond donors (Lipinski definition) is 3. The highest BCUT2D eigenvalue weighted by Crippen LogP contribution is 2.22. The molecule has 1 unspecified atom stereocenters. The Morgan fingerprint density at radius 2 is 2.21 bits per heavy atom. The number of fused-ring (bicyclic) bond motifs is 1. The molecule has 100 valence electrons. The van der Waals surface area contributed by atoms with Crippen molar-refractivity contribution in [3.8, 4) is 0 Å². The largest absolute Gasteiger partial charge is 0.340 e. The third-order valence-corrected chi connectivity index (χ3v) is 3.43. The lowest BCUT2D eigenvalue weighted by Gasteiger charge is -2.26. The van der Waals surface area contributed by atoms with Crippen LogP contribution in [0.2, 0.25) is 0 Å². The second-order valence-electron chi connectivity index (χ2n) is 4.67. The van der Waals surface area contributed by atoms with Crippen LogP contribution < -0.4 is 16.1 Å². The first-order valence-corrected chi connectivity index (χ1v) is 6.29. The van der Waals surface area contributed by atoms with Gasteiger partial charge in [-0.1, -0.05) is 24.3 Å². The minimum atomic E-state index is -0.608. The maximum Gasteiger partial charge on any atom is 0.268 e. The minimum absolute atomic E-state index is 0.166. The van der Waals surface area contributed by atoms with Gasteiger partial charge in [0, 0.05) is 6.54 Å². The molecule has 0 bridgehead atoms. The van der Waals surface area contributed by atoms with Crippen LogP contribution in [0.15, 0.2) is 24.3 Å². The second-order valence-corrected chi connectivity index (χ2v) is 4.67. The molecule has 0 spiro atoms. The van der Waals surface area contributed by atoms with Gasteiger partial charge in [0.15, 0.2) is 0 Å². The van der Waals surface area contributed by atoms with Gasteiger partial charge in [0.1, 0.15) is 18.7 Å². The first-order valence-electron chi connectivity index (χ1n) is 6.29. The Kier molecular flexibility index (Phi) is 3.18. The van der Waals surface area contributed by atoms with E-state index in [0.717, 1.165) is 18.5 Å². The van der Waals surface area contributed by atoms with Crippen LogP contribution in [0.5, 0.6) is 0 Å². The molecule has 1 saturated heterocycles. The molecule has 6 heteroatoms. The molecule has 1 aromatic rings. The highest BCUT2D eigenvalue weighted by atomic mass is 16.7. The van der Waals surface area contributed by atoms with Crippen LogP contribution in [0.4, 0.5) is 0 Å². The fourth-order valence-corrected chi connectivity index (χ4v) is 2.44.